The van der Waals surface area contributed by atoms with Crippen molar-refractivity contribution in [1.29, 1.82) is 0 Å². The predicted octanol–water partition coefficient (Wildman–Crippen LogP) is 2.12. The van der Waals surface area contributed by atoms with E-state index in [2.05, 4.69) is 20.9 Å². The molecule has 0 aliphatic carbocycles. The Morgan fingerprint density at radius 3 is 2.86 bits per heavy atom. The minimum atomic E-state index is -0.0754. The highest BCUT2D eigenvalue weighted by Gasteiger charge is 2.36. The van der Waals surface area contributed by atoms with Crippen LogP contribution in [0.1, 0.15) is 27.0 Å². The van der Waals surface area contributed by atoms with E-state index < -0.39 is 0 Å². The number of halogens is 1. The molecule has 7 heteroatoms. The van der Waals surface area contributed by atoms with E-state index in [0.29, 0.717) is 13.1 Å². The van der Waals surface area contributed by atoms with Crippen LogP contribution in [0.4, 0.5) is 0 Å². The number of aromatic nitrogens is 2. The van der Waals surface area contributed by atoms with Crippen LogP contribution in [0.15, 0.2) is 22.2 Å². The number of hydrogen-bond acceptors (Lipinski definition) is 4. The molecule has 0 bridgehead atoms. The van der Waals surface area contributed by atoms with Gasteiger partial charge in [0.2, 0.25) is 0 Å². The number of nitrogens with two attached hydrogens (primary N) is 1. The van der Waals surface area contributed by atoms with E-state index in [1.54, 1.807) is 17.5 Å². The summed E-state index contributed by atoms with van der Waals surface area (Å²) in [5.74, 6) is 1.07. The van der Waals surface area contributed by atoms with Crippen molar-refractivity contribution >= 4 is 33.2 Å². The first-order valence-corrected chi connectivity index (χ1v) is 8.36. The number of carbonyl (C=O) groups is 1. The van der Waals surface area contributed by atoms with Gasteiger partial charge in [-0.25, -0.2) is 4.98 Å². The number of aryl methyl sites for hydroxylation is 2. The molecular weight excluding hydrogens is 352 g/mol. The van der Waals surface area contributed by atoms with Crippen LogP contribution in [0.5, 0.6) is 0 Å². The maximum Gasteiger partial charge on any atom is 0.255 e. The number of carbonyl (C=O) groups excluding carboxylic acids is 1. The molecule has 3 rings (SSSR count). The Morgan fingerprint density at radius 2 is 2.29 bits per heavy atom. The molecule has 1 aliphatic heterocycles. The summed E-state index contributed by atoms with van der Waals surface area (Å²) >= 11 is 5.05. The van der Waals surface area contributed by atoms with Crippen molar-refractivity contribution in [3.8, 4) is 0 Å². The SMILES string of the molecule is Cc1cc(C(=O)N2C[C@@H](N)[C@H](c3nccn3C)C2)c(Br)s1. The van der Waals surface area contributed by atoms with Gasteiger partial charge in [-0.1, -0.05) is 0 Å². The Bertz CT molecular complexity index is 680. The largest absolute Gasteiger partial charge is 0.338 e. The van der Waals surface area contributed by atoms with Gasteiger partial charge in [0.05, 0.1) is 15.3 Å². The molecule has 1 amide bonds. The standard InChI is InChI=1S/C14H17BrN4OS/c1-8-5-9(12(15)21-8)14(20)19-6-10(11(16)7-19)13-17-3-4-18(13)2/h3-5,10-11H,6-7,16H2,1-2H3/t10-,11-/m1/s1. The Morgan fingerprint density at radius 1 is 1.52 bits per heavy atom. The number of hydrogen-bond donors (Lipinski definition) is 1. The number of imidazole rings is 1. The summed E-state index contributed by atoms with van der Waals surface area (Å²) in [4.78, 5) is 20.0. The molecular formula is C14H17BrN4OS. The molecule has 21 heavy (non-hydrogen) atoms. The molecule has 2 atom stereocenters. The van der Waals surface area contributed by atoms with Gasteiger partial charge in [-0.3, -0.25) is 4.79 Å². The second-order valence-electron chi connectivity index (χ2n) is 5.42. The fourth-order valence-electron chi connectivity index (χ4n) is 2.80. The van der Waals surface area contributed by atoms with Crippen LogP contribution in [0.2, 0.25) is 0 Å². The summed E-state index contributed by atoms with van der Waals surface area (Å²) < 4.78 is 2.86. The predicted molar refractivity (Wildman–Crippen MR) is 86.6 cm³/mol. The molecule has 0 unspecified atom stereocenters. The highest BCUT2D eigenvalue weighted by atomic mass is 79.9. The van der Waals surface area contributed by atoms with Gasteiger partial charge in [-0.15, -0.1) is 11.3 Å². The number of likely N-dealkylation sites (tertiary alicyclic amines) is 1. The van der Waals surface area contributed by atoms with E-state index in [1.165, 1.54) is 0 Å². The van der Waals surface area contributed by atoms with E-state index in [9.17, 15) is 4.79 Å². The molecule has 1 aliphatic rings. The van der Waals surface area contributed by atoms with Gasteiger partial charge in [0.25, 0.3) is 5.91 Å². The summed E-state index contributed by atoms with van der Waals surface area (Å²) in [7, 11) is 1.96. The average molecular weight is 369 g/mol. The fourth-order valence-corrected chi connectivity index (χ4v) is 4.57. The highest BCUT2D eigenvalue weighted by molar-refractivity contribution is 9.11. The van der Waals surface area contributed by atoms with Gasteiger partial charge in [-0.05, 0) is 28.9 Å². The number of amides is 1. The third kappa shape index (κ3) is 2.65. The smallest absolute Gasteiger partial charge is 0.255 e. The van der Waals surface area contributed by atoms with Gasteiger partial charge in [0.15, 0.2) is 0 Å². The summed E-state index contributed by atoms with van der Waals surface area (Å²) in [6, 6.07) is 1.85. The molecule has 0 spiro atoms. The molecule has 0 aromatic carbocycles. The van der Waals surface area contributed by atoms with Gasteiger partial charge in [0, 0.05) is 43.4 Å². The zero-order chi connectivity index (χ0) is 15.1. The zero-order valence-corrected chi connectivity index (χ0v) is 14.3. The third-order valence-corrected chi connectivity index (χ3v) is 5.63. The lowest BCUT2D eigenvalue weighted by Gasteiger charge is -2.16. The van der Waals surface area contributed by atoms with Crippen LogP contribution in [-0.4, -0.2) is 39.5 Å². The van der Waals surface area contributed by atoms with Gasteiger partial charge in [0.1, 0.15) is 5.82 Å². The van der Waals surface area contributed by atoms with Crippen molar-refractivity contribution < 1.29 is 4.79 Å². The van der Waals surface area contributed by atoms with Crippen molar-refractivity contribution in [2.24, 2.45) is 12.8 Å². The Kier molecular flexibility index (Phi) is 3.90. The summed E-state index contributed by atoms with van der Waals surface area (Å²) in [5.41, 5.74) is 6.96. The molecule has 2 aromatic heterocycles. The monoisotopic (exact) mass is 368 g/mol. The normalized spacial score (nSPS) is 22.0. The summed E-state index contributed by atoms with van der Waals surface area (Å²) in [6.07, 6.45) is 3.68. The second-order valence-corrected chi connectivity index (χ2v) is 8.00. The van der Waals surface area contributed by atoms with Crippen molar-refractivity contribution in [3.05, 3.63) is 38.5 Å². The van der Waals surface area contributed by atoms with Crippen molar-refractivity contribution in [1.82, 2.24) is 14.5 Å². The zero-order valence-electron chi connectivity index (χ0n) is 11.9. The number of rotatable bonds is 2. The quantitative estimate of drug-likeness (QED) is 0.882. The van der Waals surface area contributed by atoms with Crippen molar-refractivity contribution in [2.45, 2.75) is 18.9 Å². The topological polar surface area (TPSA) is 64.2 Å². The fraction of sp³-hybridized carbons (Fsp3) is 0.429. The van der Waals surface area contributed by atoms with Crippen LogP contribution in [0, 0.1) is 6.92 Å². The van der Waals surface area contributed by atoms with Gasteiger partial charge < -0.3 is 15.2 Å². The maximum atomic E-state index is 12.6. The molecule has 5 nitrogen and oxygen atoms in total. The Labute approximate surface area is 135 Å². The number of thiophene rings is 1. The van der Waals surface area contributed by atoms with Crippen LogP contribution >= 0.6 is 27.3 Å². The van der Waals surface area contributed by atoms with Crippen LogP contribution in [0.3, 0.4) is 0 Å². The lowest BCUT2D eigenvalue weighted by molar-refractivity contribution is 0.0788. The lowest BCUT2D eigenvalue weighted by atomic mass is 10.0. The minimum Gasteiger partial charge on any atom is -0.338 e. The van der Waals surface area contributed by atoms with Crippen LogP contribution in [0.25, 0.3) is 0 Å². The molecule has 0 radical (unpaired) electrons. The molecule has 1 saturated heterocycles. The molecule has 0 saturated carbocycles. The highest BCUT2D eigenvalue weighted by Crippen LogP contribution is 2.31. The lowest BCUT2D eigenvalue weighted by Crippen LogP contribution is -2.32. The van der Waals surface area contributed by atoms with Crippen molar-refractivity contribution in [2.75, 3.05) is 13.1 Å². The number of nitrogens with zero attached hydrogens (tertiary/aromatic N) is 3. The summed E-state index contributed by atoms with van der Waals surface area (Å²) in [5, 5.41) is 0. The molecule has 1 fully saturated rings. The van der Waals surface area contributed by atoms with E-state index in [0.717, 1.165) is 20.1 Å². The maximum absolute atomic E-state index is 12.6. The average Bonchev–Trinajstić information content (AvgIpc) is 3.08. The van der Waals surface area contributed by atoms with E-state index in [4.69, 9.17) is 5.73 Å². The Hall–Kier alpha value is -1.18. The first-order chi connectivity index (χ1) is 9.97. The van der Waals surface area contributed by atoms with E-state index in [1.807, 2.05) is 35.7 Å². The molecule has 2 aromatic rings. The van der Waals surface area contributed by atoms with Crippen LogP contribution < -0.4 is 5.73 Å². The molecule has 3 heterocycles. The first-order valence-electron chi connectivity index (χ1n) is 6.75. The van der Waals surface area contributed by atoms with Crippen LogP contribution in [-0.2, 0) is 7.05 Å². The van der Waals surface area contributed by atoms with Crippen molar-refractivity contribution in [3.63, 3.8) is 0 Å². The van der Waals surface area contributed by atoms with E-state index >= 15 is 0 Å². The first kappa shape index (κ1) is 14.7. The van der Waals surface area contributed by atoms with E-state index in [-0.39, 0.29) is 17.9 Å². The second kappa shape index (κ2) is 5.55. The third-order valence-electron chi connectivity index (χ3n) is 3.88. The Balaban J connectivity index is 1.81. The van der Waals surface area contributed by atoms with Gasteiger partial charge >= 0.3 is 0 Å². The van der Waals surface area contributed by atoms with Gasteiger partial charge in [-0.2, -0.15) is 0 Å². The molecule has 112 valence electrons. The minimum absolute atomic E-state index is 0.0402. The summed E-state index contributed by atoms with van der Waals surface area (Å²) in [6.45, 7) is 3.18. The molecule has 2 N–H and O–H groups in total.